The number of nitrogens with zero attached hydrogens (tertiary/aromatic N) is 1. The number of rotatable bonds is 9. The first-order valence-electron chi connectivity index (χ1n) is 9.00. The monoisotopic (exact) mass is 454 g/mol. The number of hydrogen-bond acceptors (Lipinski definition) is 3. The molecule has 1 amide bonds. The van der Waals surface area contributed by atoms with Crippen LogP contribution in [0.5, 0.6) is 0 Å². The highest BCUT2D eigenvalue weighted by Crippen LogP contribution is 2.27. The molecule has 0 aromatic rings. The van der Waals surface area contributed by atoms with Crippen LogP contribution in [0.1, 0.15) is 52.4 Å². The summed E-state index contributed by atoms with van der Waals surface area (Å²) in [5.41, 5.74) is 0. The molecule has 0 aromatic heterocycles. The number of halogens is 1. The molecule has 1 aliphatic rings. The molecule has 1 aliphatic carbocycles. The van der Waals surface area contributed by atoms with Crippen molar-refractivity contribution in [1.82, 2.24) is 16.0 Å². The molecular weight excluding hydrogens is 419 g/mol. The number of carbonyl (C=O) groups is 1. The van der Waals surface area contributed by atoms with Crippen molar-refractivity contribution in [3.8, 4) is 0 Å². The number of guanidine groups is 1. The summed E-state index contributed by atoms with van der Waals surface area (Å²) in [6, 6.07) is 0.470. The van der Waals surface area contributed by atoms with Gasteiger partial charge in [-0.3, -0.25) is 4.79 Å². The number of hydrogen-bond donors (Lipinski definition) is 3. The molecular formula is C17H35IN4O2. The lowest BCUT2D eigenvalue weighted by atomic mass is 9.83. The smallest absolute Gasteiger partial charge is 0.241 e. The maximum Gasteiger partial charge on any atom is 0.241 e. The lowest BCUT2D eigenvalue weighted by Gasteiger charge is -2.30. The summed E-state index contributed by atoms with van der Waals surface area (Å²) in [5.74, 6) is 1.56. The van der Waals surface area contributed by atoms with Crippen LogP contribution in [0.3, 0.4) is 0 Å². The normalized spacial score (nSPS) is 20.9. The van der Waals surface area contributed by atoms with Crippen LogP contribution in [0.2, 0.25) is 0 Å². The van der Waals surface area contributed by atoms with Gasteiger partial charge >= 0.3 is 0 Å². The fourth-order valence-electron chi connectivity index (χ4n) is 3.02. The Morgan fingerprint density at radius 3 is 2.46 bits per heavy atom. The van der Waals surface area contributed by atoms with Gasteiger partial charge in [-0.05, 0) is 38.5 Å². The first-order chi connectivity index (χ1) is 11.2. The van der Waals surface area contributed by atoms with Crippen molar-refractivity contribution in [2.75, 3.05) is 33.4 Å². The van der Waals surface area contributed by atoms with E-state index in [0.717, 1.165) is 18.4 Å². The predicted octanol–water partition coefficient (Wildman–Crippen LogP) is 2.28. The molecule has 0 spiro atoms. The molecule has 0 atom stereocenters. The molecule has 3 N–H and O–H groups in total. The Morgan fingerprint density at radius 2 is 1.88 bits per heavy atom. The fraction of sp³-hybridized carbons (Fsp3) is 0.882. The van der Waals surface area contributed by atoms with Gasteiger partial charge in [0.15, 0.2) is 5.96 Å². The molecule has 7 heteroatoms. The van der Waals surface area contributed by atoms with Crippen LogP contribution < -0.4 is 16.0 Å². The van der Waals surface area contributed by atoms with Gasteiger partial charge < -0.3 is 20.7 Å². The second kappa shape index (κ2) is 14.7. The molecule has 24 heavy (non-hydrogen) atoms. The summed E-state index contributed by atoms with van der Waals surface area (Å²) < 4.78 is 4.91. The van der Waals surface area contributed by atoms with Crippen LogP contribution in [0.25, 0.3) is 0 Å². The highest BCUT2D eigenvalue weighted by Gasteiger charge is 2.21. The SMILES string of the molecule is CCCC1CCC(NC(=NCC(=O)NCCOC)NCC)CC1.I. The highest BCUT2D eigenvalue weighted by atomic mass is 127. The van der Waals surface area contributed by atoms with Crippen molar-refractivity contribution in [3.63, 3.8) is 0 Å². The van der Waals surface area contributed by atoms with Crippen LogP contribution in [0, 0.1) is 5.92 Å². The second-order valence-electron chi connectivity index (χ2n) is 6.19. The van der Waals surface area contributed by atoms with Gasteiger partial charge in [0, 0.05) is 26.2 Å². The maximum absolute atomic E-state index is 11.7. The Morgan fingerprint density at radius 1 is 1.17 bits per heavy atom. The van der Waals surface area contributed by atoms with Gasteiger partial charge in [-0.15, -0.1) is 24.0 Å². The van der Waals surface area contributed by atoms with Gasteiger partial charge in [-0.25, -0.2) is 4.99 Å². The Kier molecular flexibility index (Phi) is 14.4. The molecule has 0 aliphatic heterocycles. The van der Waals surface area contributed by atoms with E-state index in [1.165, 1.54) is 38.5 Å². The first-order valence-corrected chi connectivity index (χ1v) is 9.00. The Hall–Kier alpha value is -0.570. The lowest BCUT2D eigenvalue weighted by Crippen LogP contribution is -2.45. The Bertz CT molecular complexity index is 358. The van der Waals surface area contributed by atoms with Gasteiger partial charge in [0.25, 0.3) is 0 Å². The quantitative estimate of drug-likeness (QED) is 0.216. The van der Waals surface area contributed by atoms with E-state index in [1.807, 2.05) is 6.92 Å². The van der Waals surface area contributed by atoms with E-state index in [2.05, 4.69) is 27.9 Å². The third-order valence-corrected chi connectivity index (χ3v) is 4.24. The van der Waals surface area contributed by atoms with E-state index in [0.29, 0.717) is 19.2 Å². The molecule has 142 valence electrons. The van der Waals surface area contributed by atoms with E-state index < -0.39 is 0 Å². The third kappa shape index (κ3) is 10.3. The Balaban J connectivity index is 0.00000529. The Labute approximate surface area is 164 Å². The minimum Gasteiger partial charge on any atom is -0.383 e. The van der Waals surface area contributed by atoms with E-state index in [9.17, 15) is 4.79 Å². The standard InChI is InChI=1S/C17H34N4O2.HI/c1-4-6-14-7-9-15(10-8-14)21-17(18-5-2)20-13-16(22)19-11-12-23-3;/h14-15H,4-13H2,1-3H3,(H,19,22)(H2,18,20,21);1H. The molecule has 0 heterocycles. The van der Waals surface area contributed by atoms with Gasteiger partial charge in [0.2, 0.25) is 5.91 Å². The number of ether oxygens (including phenoxy) is 1. The number of aliphatic imine (C=N–C) groups is 1. The first kappa shape index (κ1) is 23.4. The molecule has 1 saturated carbocycles. The highest BCUT2D eigenvalue weighted by molar-refractivity contribution is 14.0. The molecule has 0 saturated heterocycles. The van der Waals surface area contributed by atoms with E-state index in [-0.39, 0.29) is 36.4 Å². The van der Waals surface area contributed by atoms with Crippen molar-refractivity contribution in [2.45, 2.75) is 58.4 Å². The van der Waals surface area contributed by atoms with E-state index in [4.69, 9.17) is 4.74 Å². The predicted molar refractivity (Wildman–Crippen MR) is 110 cm³/mol. The zero-order valence-corrected chi connectivity index (χ0v) is 17.7. The van der Waals surface area contributed by atoms with Crippen LogP contribution >= 0.6 is 24.0 Å². The number of methoxy groups -OCH3 is 1. The minimum atomic E-state index is -0.0779. The topological polar surface area (TPSA) is 74.8 Å². The summed E-state index contributed by atoms with van der Waals surface area (Å²) in [6.45, 7) is 6.28. The summed E-state index contributed by atoms with van der Waals surface area (Å²) >= 11 is 0. The average molecular weight is 454 g/mol. The summed E-state index contributed by atoms with van der Waals surface area (Å²) in [6.07, 6.45) is 7.60. The summed E-state index contributed by atoms with van der Waals surface area (Å²) in [5, 5.41) is 9.48. The van der Waals surface area contributed by atoms with Crippen molar-refractivity contribution < 1.29 is 9.53 Å². The molecule has 1 fully saturated rings. The van der Waals surface area contributed by atoms with Crippen molar-refractivity contribution in [1.29, 1.82) is 0 Å². The van der Waals surface area contributed by atoms with Crippen LogP contribution in [0.4, 0.5) is 0 Å². The zero-order chi connectivity index (χ0) is 16.9. The van der Waals surface area contributed by atoms with Crippen LogP contribution in [0.15, 0.2) is 4.99 Å². The van der Waals surface area contributed by atoms with Crippen molar-refractivity contribution in [2.24, 2.45) is 10.9 Å². The second-order valence-corrected chi connectivity index (χ2v) is 6.19. The third-order valence-electron chi connectivity index (χ3n) is 4.24. The minimum absolute atomic E-state index is 0. The van der Waals surface area contributed by atoms with Crippen LogP contribution in [-0.4, -0.2) is 51.3 Å². The van der Waals surface area contributed by atoms with Gasteiger partial charge in [0.05, 0.1) is 6.61 Å². The maximum atomic E-state index is 11.7. The van der Waals surface area contributed by atoms with Crippen molar-refractivity contribution >= 4 is 35.8 Å². The molecule has 6 nitrogen and oxygen atoms in total. The number of nitrogens with one attached hydrogen (secondary N) is 3. The van der Waals surface area contributed by atoms with E-state index >= 15 is 0 Å². The molecule has 1 rings (SSSR count). The number of amides is 1. The van der Waals surface area contributed by atoms with Gasteiger partial charge in [-0.1, -0.05) is 19.8 Å². The fourth-order valence-corrected chi connectivity index (χ4v) is 3.02. The lowest BCUT2D eigenvalue weighted by molar-refractivity contribution is -0.119. The summed E-state index contributed by atoms with van der Waals surface area (Å²) in [4.78, 5) is 16.1. The number of carbonyl (C=O) groups excluding carboxylic acids is 1. The van der Waals surface area contributed by atoms with Crippen LogP contribution in [-0.2, 0) is 9.53 Å². The molecule has 0 bridgehead atoms. The molecule has 0 radical (unpaired) electrons. The van der Waals surface area contributed by atoms with Gasteiger partial charge in [0.1, 0.15) is 6.54 Å². The summed E-state index contributed by atoms with van der Waals surface area (Å²) in [7, 11) is 1.62. The molecule has 0 aromatic carbocycles. The largest absolute Gasteiger partial charge is 0.383 e. The zero-order valence-electron chi connectivity index (χ0n) is 15.4. The molecule has 0 unspecified atom stereocenters. The van der Waals surface area contributed by atoms with E-state index in [1.54, 1.807) is 7.11 Å². The average Bonchev–Trinajstić information content (AvgIpc) is 2.55. The van der Waals surface area contributed by atoms with Gasteiger partial charge in [-0.2, -0.15) is 0 Å². The van der Waals surface area contributed by atoms with Crippen molar-refractivity contribution in [3.05, 3.63) is 0 Å².